The van der Waals surface area contributed by atoms with Gasteiger partial charge in [-0.1, -0.05) is 17.7 Å². The molecule has 0 atom stereocenters. The number of pyridine rings is 1. The SMILES string of the molecule is Cc1ccc(S(=O)(=O)n2ccc(-c3cccc[n+]3[O-])c2)cc1. The Morgan fingerprint density at radius 3 is 2.45 bits per heavy atom. The van der Waals surface area contributed by atoms with E-state index in [0.29, 0.717) is 16.0 Å². The third-order valence-electron chi connectivity index (χ3n) is 3.38. The molecule has 112 valence electrons. The Bertz CT molecular complexity index is 913. The summed E-state index contributed by atoms with van der Waals surface area (Å²) in [6.45, 7) is 1.90. The minimum Gasteiger partial charge on any atom is -0.618 e. The molecule has 0 bridgehead atoms. The van der Waals surface area contributed by atoms with E-state index in [4.69, 9.17) is 0 Å². The van der Waals surface area contributed by atoms with Crippen molar-refractivity contribution >= 4 is 10.0 Å². The van der Waals surface area contributed by atoms with Crippen molar-refractivity contribution in [1.82, 2.24) is 3.97 Å². The monoisotopic (exact) mass is 314 g/mol. The number of hydrogen-bond acceptors (Lipinski definition) is 3. The van der Waals surface area contributed by atoms with Crippen LogP contribution >= 0.6 is 0 Å². The topological polar surface area (TPSA) is 66.0 Å². The van der Waals surface area contributed by atoms with Gasteiger partial charge in [-0.05, 0) is 31.2 Å². The Labute approximate surface area is 128 Å². The van der Waals surface area contributed by atoms with Crippen LogP contribution in [0.4, 0.5) is 0 Å². The normalized spacial score (nSPS) is 11.5. The minimum atomic E-state index is -3.65. The van der Waals surface area contributed by atoms with Gasteiger partial charge >= 0.3 is 0 Å². The first-order valence-corrected chi connectivity index (χ1v) is 8.11. The number of nitrogens with zero attached hydrogens (tertiary/aromatic N) is 2. The quantitative estimate of drug-likeness (QED) is 0.550. The predicted octanol–water partition coefficient (Wildman–Crippen LogP) is 2.33. The summed E-state index contributed by atoms with van der Waals surface area (Å²) in [5.74, 6) is 0. The van der Waals surface area contributed by atoms with Crippen molar-refractivity contribution in [1.29, 1.82) is 0 Å². The van der Waals surface area contributed by atoms with Crippen LogP contribution in [0.2, 0.25) is 0 Å². The fraction of sp³-hybridized carbons (Fsp3) is 0.0625. The molecule has 0 saturated heterocycles. The van der Waals surface area contributed by atoms with Crippen molar-refractivity contribution in [2.45, 2.75) is 11.8 Å². The summed E-state index contributed by atoms with van der Waals surface area (Å²) in [6, 6.07) is 13.2. The van der Waals surface area contributed by atoms with Crippen molar-refractivity contribution in [3.63, 3.8) is 0 Å². The van der Waals surface area contributed by atoms with Gasteiger partial charge in [0.2, 0.25) is 5.69 Å². The van der Waals surface area contributed by atoms with E-state index < -0.39 is 10.0 Å². The molecule has 22 heavy (non-hydrogen) atoms. The largest absolute Gasteiger partial charge is 0.618 e. The Morgan fingerprint density at radius 2 is 1.77 bits per heavy atom. The molecule has 6 heteroatoms. The number of aromatic nitrogens is 2. The molecule has 5 nitrogen and oxygen atoms in total. The van der Waals surface area contributed by atoms with Crippen molar-refractivity contribution in [2.24, 2.45) is 0 Å². The van der Waals surface area contributed by atoms with Crippen LogP contribution in [0.25, 0.3) is 11.3 Å². The van der Waals surface area contributed by atoms with E-state index in [-0.39, 0.29) is 4.90 Å². The van der Waals surface area contributed by atoms with Crippen LogP contribution in [0.3, 0.4) is 0 Å². The molecular weight excluding hydrogens is 300 g/mol. The van der Waals surface area contributed by atoms with Gasteiger partial charge < -0.3 is 5.21 Å². The van der Waals surface area contributed by atoms with Crippen LogP contribution in [0.15, 0.2) is 72.0 Å². The van der Waals surface area contributed by atoms with Gasteiger partial charge in [-0.2, -0.15) is 4.73 Å². The lowest BCUT2D eigenvalue weighted by Crippen LogP contribution is -2.27. The van der Waals surface area contributed by atoms with E-state index in [9.17, 15) is 13.6 Å². The molecule has 0 saturated carbocycles. The number of hydrogen-bond donors (Lipinski definition) is 0. The van der Waals surface area contributed by atoms with Gasteiger partial charge in [0.1, 0.15) is 0 Å². The lowest BCUT2D eigenvalue weighted by molar-refractivity contribution is -0.593. The average Bonchev–Trinajstić information content (AvgIpc) is 2.98. The summed E-state index contributed by atoms with van der Waals surface area (Å²) in [4.78, 5) is 0.211. The maximum atomic E-state index is 12.6. The highest BCUT2D eigenvalue weighted by molar-refractivity contribution is 7.90. The van der Waals surface area contributed by atoms with Gasteiger partial charge in [0, 0.05) is 24.5 Å². The minimum absolute atomic E-state index is 0.211. The maximum absolute atomic E-state index is 12.6. The Kier molecular flexibility index (Phi) is 3.46. The van der Waals surface area contributed by atoms with Crippen LogP contribution in [0.5, 0.6) is 0 Å². The molecule has 3 aromatic rings. The van der Waals surface area contributed by atoms with Crippen LogP contribution in [-0.2, 0) is 10.0 Å². The summed E-state index contributed by atoms with van der Waals surface area (Å²) in [5, 5.41) is 11.7. The molecule has 2 heterocycles. The lowest BCUT2D eigenvalue weighted by atomic mass is 10.2. The fourth-order valence-electron chi connectivity index (χ4n) is 2.16. The molecule has 0 fully saturated rings. The summed E-state index contributed by atoms with van der Waals surface area (Å²) < 4.78 is 26.9. The first kappa shape index (κ1) is 14.3. The summed E-state index contributed by atoms with van der Waals surface area (Å²) >= 11 is 0. The van der Waals surface area contributed by atoms with E-state index in [1.807, 2.05) is 6.92 Å². The average molecular weight is 314 g/mol. The van der Waals surface area contributed by atoms with Crippen LogP contribution in [0, 0.1) is 12.1 Å². The molecule has 0 radical (unpaired) electrons. The highest BCUT2D eigenvalue weighted by atomic mass is 32.2. The third kappa shape index (κ3) is 2.48. The van der Waals surface area contributed by atoms with Crippen molar-refractivity contribution in [3.8, 4) is 11.3 Å². The lowest BCUT2D eigenvalue weighted by Gasteiger charge is -2.06. The zero-order valence-corrected chi connectivity index (χ0v) is 12.7. The molecule has 0 N–H and O–H groups in total. The standard InChI is InChI=1S/C16H14N2O3S/c1-13-5-7-15(8-6-13)22(20,21)17-11-9-14(12-17)16-4-2-3-10-18(16)19/h2-12H,1H3. The van der Waals surface area contributed by atoms with E-state index in [0.717, 1.165) is 9.54 Å². The second-order valence-corrected chi connectivity index (χ2v) is 6.80. The van der Waals surface area contributed by atoms with Gasteiger partial charge in [-0.3, -0.25) is 0 Å². The Balaban J connectivity index is 2.03. The summed E-state index contributed by atoms with van der Waals surface area (Å²) in [7, 11) is -3.65. The molecule has 0 aliphatic heterocycles. The first-order valence-electron chi connectivity index (χ1n) is 6.67. The highest BCUT2D eigenvalue weighted by Gasteiger charge is 2.18. The first-order chi connectivity index (χ1) is 10.5. The molecule has 0 unspecified atom stereocenters. The maximum Gasteiger partial charge on any atom is 0.267 e. The predicted molar refractivity (Wildman–Crippen MR) is 82.6 cm³/mol. The second-order valence-electron chi connectivity index (χ2n) is 4.96. The van der Waals surface area contributed by atoms with Gasteiger partial charge in [0.25, 0.3) is 10.0 Å². The summed E-state index contributed by atoms with van der Waals surface area (Å²) in [6.07, 6.45) is 4.26. The van der Waals surface area contributed by atoms with Gasteiger partial charge in [-0.15, -0.1) is 0 Å². The van der Waals surface area contributed by atoms with Crippen molar-refractivity contribution in [3.05, 3.63) is 77.9 Å². The number of rotatable bonds is 3. The van der Waals surface area contributed by atoms with Crippen LogP contribution < -0.4 is 4.73 Å². The van der Waals surface area contributed by atoms with Gasteiger partial charge in [0.05, 0.1) is 10.5 Å². The van der Waals surface area contributed by atoms with E-state index in [1.54, 1.807) is 48.5 Å². The molecule has 3 rings (SSSR count). The zero-order chi connectivity index (χ0) is 15.7. The van der Waals surface area contributed by atoms with Crippen LogP contribution in [0.1, 0.15) is 5.56 Å². The Morgan fingerprint density at radius 1 is 1.05 bits per heavy atom. The highest BCUT2D eigenvalue weighted by Crippen LogP contribution is 2.20. The molecule has 0 aliphatic rings. The van der Waals surface area contributed by atoms with Gasteiger partial charge in [-0.25, -0.2) is 12.4 Å². The summed E-state index contributed by atoms with van der Waals surface area (Å²) in [5.41, 5.74) is 1.94. The smallest absolute Gasteiger partial charge is 0.267 e. The third-order valence-corrected chi connectivity index (χ3v) is 5.03. The van der Waals surface area contributed by atoms with Crippen molar-refractivity contribution in [2.75, 3.05) is 0 Å². The second kappa shape index (κ2) is 5.31. The molecular formula is C16H14N2O3S. The van der Waals surface area contributed by atoms with Crippen molar-refractivity contribution < 1.29 is 13.1 Å². The molecule has 1 aromatic carbocycles. The molecule has 0 aliphatic carbocycles. The molecule has 0 amide bonds. The van der Waals surface area contributed by atoms with E-state index >= 15 is 0 Å². The Hall–Kier alpha value is -2.60. The van der Waals surface area contributed by atoms with Crippen LogP contribution in [-0.4, -0.2) is 12.4 Å². The number of aryl methyl sites for hydroxylation is 1. The number of benzene rings is 1. The van der Waals surface area contributed by atoms with Gasteiger partial charge in [0.15, 0.2) is 6.20 Å². The van der Waals surface area contributed by atoms with E-state index in [2.05, 4.69) is 0 Å². The zero-order valence-electron chi connectivity index (χ0n) is 11.9. The molecule has 0 spiro atoms. The fourth-order valence-corrected chi connectivity index (χ4v) is 3.36. The molecule has 2 aromatic heterocycles. The van der Waals surface area contributed by atoms with E-state index in [1.165, 1.54) is 18.6 Å².